The summed E-state index contributed by atoms with van der Waals surface area (Å²) in [7, 11) is 0. The molecule has 2 heterocycles. The standard InChI is InChI=1S/C12H18ClN3O/c1-7-4-10(13)15-12(11(7)14)16-5-8(2)17-9(3)6-16/h4,8-9H,5-6,14H2,1-3H3/t8-,9+. The van der Waals surface area contributed by atoms with Crippen LogP contribution in [0.4, 0.5) is 11.5 Å². The zero-order valence-corrected chi connectivity index (χ0v) is 11.2. The Kier molecular flexibility index (Phi) is 3.45. The molecule has 5 heteroatoms. The summed E-state index contributed by atoms with van der Waals surface area (Å²) in [5.74, 6) is 0.775. The molecule has 1 aromatic rings. The minimum atomic E-state index is 0.180. The molecule has 17 heavy (non-hydrogen) atoms. The third-order valence-electron chi connectivity index (χ3n) is 2.93. The van der Waals surface area contributed by atoms with Crippen LogP contribution in [0.15, 0.2) is 6.07 Å². The monoisotopic (exact) mass is 255 g/mol. The molecule has 2 N–H and O–H groups in total. The van der Waals surface area contributed by atoms with Gasteiger partial charge in [0.05, 0.1) is 17.9 Å². The summed E-state index contributed by atoms with van der Waals surface area (Å²) in [5.41, 5.74) is 7.74. The largest absolute Gasteiger partial charge is 0.396 e. The number of anilines is 2. The Morgan fingerprint density at radius 2 is 2.00 bits per heavy atom. The van der Waals surface area contributed by atoms with Crippen LogP contribution in [0.25, 0.3) is 0 Å². The number of aryl methyl sites for hydroxylation is 1. The van der Waals surface area contributed by atoms with Crippen molar-refractivity contribution in [2.45, 2.75) is 33.0 Å². The summed E-state index contributed by atoms with van der Waals surface area (Å²) in [6.07, 6.45) is 0.360. The van der Waals surface area contributed by atoms with Crippen molar-refractivity contribution in [1.29, 1.82) is 0 Å². The number of nitrogens with zero attached hydrogens (tertiary/aromatic N) is 2. The summed E-state index contributed by atoms with van der Waals surface area (Å²) in [6.45, 7) is 7.63. The van der Waals surface area contributed by atoms with Gasteiger partial charge in [0, 0.05) is 13.1 Å². The summed E-state index contributed by atoms with van der Waals surface area (Å²) < 4.78 is 5.69. The third-order valence-corrected chi connectivity index (χ3v) is 3.13. The van der Waals surface area contributed by atoms with E-state index in [0.717, 1.165) is 24.5 Å². The summed E-state index contributed by atoms with van der Waals surface area (Å²) in [6, 6.07) is 1.79. The lowest BCUT2D eigenvalue weighted by Gasteiger charge is -2.36. The maximum atomic E-state index is 6.07. The van der Waals surface area contributed by atoms with Crippen LogP contribution in [0.2, 0.25) is 5.15 Å². The van der Waals surface area contributed by atoms with E-state index < -0.39 is 0 Å². The number of pyridine rings is 1. The molecule has 2 atom stereocenters. The molecule has 2 rings (SSSR count). The molecule has 1 aromatic heterocycles. The van der Waals surface area contributed by atoms with Gasteiger partial charge in [-0.05, 0) is 32.4 Å². The molecule has 1 fully saturated rings. The van der Waals surface area contributed by atoms with Crippen LogP contribution in [-0.2, 0) is 4.74 Å². The average molecular weight is 256 g/mol. The van der Waals surface area contributed by atoms with Crippen LogP contribution in [0.1, 0.15) is 19.4 Å². The number of hydrogen-bond acceptors (Lipinski definition) is 4. The number of ether oxygens (including phenoxy) is 1. The van der Waals surface area contributed by atoms with Crippen molar-refractivity contribution in [3.05, 3.63) is 16.8 Å². The van der Waals surface area contributed by atoms with Crippen molar-refractivity contribution in [3.8, 4) is 0 Å². The van der Waals surface area contributed by atoms with E-state index in [4.69, 9.17) is 22.1 Å². The topological polar surface area (TPSA) is 51.4 Å². The first kappa shape index (κ1) is 12.5. The van der Waals surface area contributed by atoms with E-state index in [-0.39, 0.29) is 12.2 Å². The second-order valence-electron chi connectivity index (χ2n) is 4.66. The lowest BCUT2D eigenvalue weighted by atomic mass is 10.2. The molecule has 0 aromatic carbocycles. The Bertz CT molecular complexity index is 414. The summed E-state index contributed by atoms with van der Waals surface area (Å²) in [5, 5.41) is 0.485. The van der Waals surface area contributed by atoms with Gasteiger partial charge in [-0.15, -0.1) is 0 Å². The van der Waals surface area contributed by atoms with E-state index >= 15 is 0 Å². The first-order valence-corrected chi connectivity index (χ1v) is 6.18. The van der Waals surface area contributed by atoms with Gasteiger partial charge in [0.15, 0.2) is 5.82 Å². The molecule has 4 nitrogen and oxygen atoms in total. The highest BCUT2D eigenvalue weighted by molar-refractivity contribution is 6.29. The van der Waals surface area contributed by atoms with Crippen LogP contribution < -0.4 is 10.6 Å². The van der Waals surface area contributed by atoms with Gasteiger partial charge in [0.2, 0.25) is 0 Å². The van der Waals surface area contributed by atoms with Crippen LogP contribution in [0, 0.1) is 6.92 Å². The van der Waals surface area contributed by atoms with E-state index in [2.05, 4.69) is 23.7 Å². The molecule has 0 saturated carbocycles. The van der Waals surface area contributed by atoms with E-state index in [9.17, 15) is 0 Å². The fraction of sp³-hybridized carbons (Fsp3) is 0.583. The van der Waals surface area contributed by atoms with E-state index in [1.165, 1.54) is 0 Å². The van der Waals surface area contributed by atoms with Crippen LogP contribution >= 0.6 is 11.6 Å². The maximum Gasteiger partial charge on any atom is 0.154 e. The Morgan fingerprint density at radius 1 is 1.41 bits per heavy atom. The van der Waals surface area contributed by atoms with Gasteiger partial charge >= 0.3 is 0 Å². The number of hydrogen-bond donors (Lipinski definition) is 1. The third kappa shape index (κ3) is 2.64. The highest BCUT2D eigenvalue weighted by Crippen LogP contribution is 2.29. The summed E-state index contributed by atoms with van der Waals surface area (Å²) >= 11 is 5.99. The molecule has 0 aliphatic carbocycles. The Morgan fingerprint density at radius 3 is 2.59 bits per heavy atom. The maximum absolute atomic E-state index is 6.07. The molecule has 0 amide bonds. The van der Waals surface area contributed by atoms with Crippen molar-refractivity contribution >= 4 is 23.1 Å². The predicted octanol–water partition coefficient (Wildman–Crippen LogP) is 2.24. The second-order valence-corrected chi connectivity index (χ2v) is 5.05. The zero-order valence-electron chi connectivity index (χ0n) is 10.4. The van der Waals surface area contributed by atoms with E-state index in [0.29, 0.717) is 10.8 Å². The number of halogens is 1. The number of nitrogens with two attached hydrogens (primary N) is 1. The van der Waals surface area contributed by atoms with Gasteiger partial charge in [0.25, 0.3) is 0 Å². The molecule has 0 bridgehead atoms. The fourth-order valence-corrected chi connectivity index (χ4v) is 2.46. The average Bonchev–Trinajstić information content (AvgIpc) is 2.22. The minimum absolute atomic E-state index is 0.180. The Labute approximate surface area is 107 Å². The molecule has 0 radical (unpaired) electrons. The van der Waals surface area contributed by atoms with Gasteiger partial charge in [-0.3, -0.25) is 0 Å². The van der Waals surface area contributed by atoms with Gasteiger partial charge in [-0.1, -0.05) is 11.6 Å². The molecule has 0 unspecified atom stereocenters. The van der Waals surface area contributed by atoms with Crippen LogP contribution in [0.3, 0.4) is 0 Å². The van der Waals surface area contributed by atoms with E-state index in [1.807, 2.05) is 6.92 Å². The first-order chi connectivity index (χ1) is 7.97. The van der Waals surface area contributed by atoms with Gasteiger partial charge in [-0.2, -0.15) is 0 Å². The van der Waals surface area contributed by atoms with Crippen molar-refractivity contribution in [1.82, 2.24) is 4.98 Å². The Balaban J connectivity index is 2.33. The van der Waals surface area contributed by atoms with Gasteiger partial charge in [0.1, 0.15) is 5.15 Å². The van der Waals surface area contributed by atoms with Crippen molar-refractivity contribution in [2.75, 3.05) is 23.7 Å². The molecule has 0 spiro atoms. The zero-order chi connectivity index (χ0) is 12.6. The van der Waals surface area contributed by atoms with Crippen molar-refractivity contribution in [3.63, 3.8) is 0 Å². The van der Waals surface area contributed by atoms with Crippen LogP contribution in [-0.4, -0.2) is 30.3 Å². The van der Waals surface area contributed by atoms with Crippen molar-refractivity contribution in [2.24, 2.45) is 0 Å². The highest BCUT2D eigenvalue weighted by Gasteiger charge is 2.25. The molecule has 1 aliphatic rings. The highest BCUT2D eigenvalue weighted by atomic mass is 35.5. The van der Waals surface area contributed by atoms with Crippen LogP contribution in [0.5, 0.6) is 0 Å². The summed E-state index contributed by atoms with van der Waals surface area (Å²) in [4.78, 5) is 6.48. The number of aromatic nitrogens is 1. The Hall–Kier alpha value is -1.00. The first-order valence-electron chi connectivity index (χ1n) is 5.80. The molecule has 1 aliphatic heterocycles. The number of nitrogen functional groups attached to an aromatic ring is 1. The van der Waals surface area contributed by atoms with E-state index in [1.54, 1.807) is 6.07 Å². The number of rotatable bonds is 1. The normalized spacial score (nSPS) is 25.1. The van der Waals surface area contributed by atoms with Gasteiger partial charge < -0.3 is 15.4 Å². The number of morpholine rings is 1. The molecule has 94 valence electrons. The molecular weight excluding hydrogens is 238 g/mol. The lowest BCUT2D eigenvalue weighted by Crippen LogP contribution is -2.46. The predicted molar refractivity (Wildman–Crippen MR) is 70.6 cm³/mol. The molecular formula is C12H18ClN3O. The fourth-order valence-electron chi connectivity index (χ4n) is 2.22. The lowest BCUT2D eigenvalue weighted by molar-refractivity contribution is -0.00541. The SMILES string of the molecule is Cc1cc(Cl)nc(N2C[C@@H](C)O[C@@H](C)C2)c1N. The minimum Gasteiger partial charge on any atom is -0.396 e. The quantitative estimate of drug-likeness (QED) is 0.782. The second kappa shape index (κ2) is 4.70. The smallest absolute Gasteiger partial charge is 0.154 e. The van der Waals surface area contributed by atoms with Crippen molar-refractivity contribution < 1.29 is 4.74 Å². The van der Waals surface area contributed by atoms with Gasteiger partial charge in [-0.25, -0.2) is 4.98 Å². The molecule has 1 saturated heterocycles.